The van der Waals surface area contributed by atoms with Crippen molar-refractivity contribution >= 4 is 11.9 Å². The fourth-order valence-corrected chi connectivity index (χ4v) is 1.32. The van der Waals surface area contributed by atoms with E-state index in [1.807, 2.05) is 13.1 Å². The van der Waals surface area contributed by atoms with Crippen molar-refractivity contribution in [3.8, 4) is 0 Å². The minimum atomic E-state index is -1.22. The van der Waals surface area contributed by atoms with E-state index in [-0.39, 0.29) is 18.7 Å². The molecule has 1 heterocycles. The number of hydrogen-bond donors (Lipinski definition) is 1. The second kappa shape index (κ2) is 5.29. The monoisotopic (exact) mass is 224 g/mol. The summed E-state index contributed by atoms with van der Waals surface area (Å²) in [6.45, 7) is 2.22. The maximum Gasteiger partial charge on any atom is 0.220 e. The molecule has 0 aliphatic rings. The first-order chi connectivity index (χ1) is 7.49. The van der Waals surface area contributed by atoms with Gasteiger partial charge < -0.3 is 15.2 Å². The van der Waals surface area contributed by atoms with Gasteiger partial charge in [0.2, 0.25) is 5.91 Å². The third-order valence-electron chi connectivity index (χ3n) is 2.15. The van der Waals surface area contributed by atoms with Crippen LogP contribution in [0.2, 0.25) is 0 Å². The molecule has 0 spiro atoms. The summed E-state index contributed by atoms with van der Waals surface area (Å²) in [6.07, 6.45) is 1.51. The zero-order valence-electron chi connectivity index (χ0n) is 9.32. The number of aryl methyl sites for hydroxylation is 2. The zero-order valence-corrected chi connectivity index (χ0v) is 9.32. The molecule has 1 aromatic heterocycles. The minimum Gasteiger partial charge on any atom is -0.550 e. The van der Waals surface area contributed by atoms with Crippen LogP contribution < -0.4 is 10.4 Å². The zero-order chi connectivity index (χ0) is 12.1. The van der Waals surface area contributed by atoms with Crippen LogP contribution in [-0.4, -0.2) is 21.7 Å². The van der Waals surface area contributed by atoms with Crippen LogP contribution in [0.1, 0.15) is 24.1 Å². The van der Waals surface area contributed by atoms with E-state index in [2.05, 4.69) is 10.4 Å². The van der Waals surface area contributed by atoms with E-state index >= 15 is 0 Å². The highest BCUT2D eigenvalue weighted by molar-refractivity contribution is 5.79. The number of hydrogen-bond acceptors (Lipinski definition) is 4. The lowest BCUT2D eigenvalue weighted by molar-refractivity contribution is -0.305. The van der Waals surface area contributed by atoms with E-state index in [0.717, 1.165) is 11.3 Å². The molecule has 16 heavy (non-hydrogen) atoms. The molecule has 0 fully saturated rings. The topological polar surface area (TPSA) is 87.0 Å². The number of carboxylic acid groups (broad SMARTS) is 1. The molecule has 0 unspecified atom stereocenters. The summed E-state index contributed by atoms with van der Waals surface area (Å²) < 4.78 is 1.66. The fraction of sp³-hybridized carbons (Fsp3) is 0.500. The van der Waals surface area contributed by atoms with Crippen LogP contribution in [0, 0.1) is 6.92 Å². The molecule has 1 aromatic rings. The lowest BCUT2D eigenvalue weighted by Gasteiger charge is -2.04. The van der Waals surface area contributed by atoms with Crippen molar-refractivity contribution in [1.29, 1.82) is 0 Å². The highest BCUT2D eigenvalue weighted by atomic mass is 16.4. The first kappa shape index (κ1) is 12.2. The van der Waals surface area contributed by atoms with Gasteiger partial charge in [0.1, 0.15) is 0 Å². The predicted molar refractivity (Wildman–Crippen MR) is 54.0 cm³/mol. The molecular weight excluding hydrogens is 210 g/mol. The van der Waals surface area contributed by atoms with E-state index in [9.17, 15) is 14.7 Å². The summed E-state index contributed by atoms with van der Waals surface area (Å²) in [5.41, 5.74) is 1.77. The Hall–Kier alpha value is -1.85. The van der Waals surface area contributed by atoms with Crippen molar-refractivity contribution in [2.24, 2.45) is 7.05 Å². The molecule has 0 saturated carbocycles. The molecule has 0 bridgehead atoms. The summed E-state index contributed by atoms with van der Waals surface area (Å²) >= 11 is 0. The molecule has 6 heteroatoms. The lowest BCUT2D eigenvalue weighted by atomic mass is 10.2. The molecule has 1 N–H and O–H groups in total. The first-order valence-corrected chi connectivity index (χ1v) is 4.94. The van der Waals surface area contributed by atoms with Gasteiger partial charge in [-0.15, -0.1) is 0 Å². The standard InChI is InChI=1S/C10H15N3O3/c1-7-8(6-13(2)12-7)5-11-9(14)3-4-10(15)16/h6H,3-5H2,1-2H3,(H,11,14)(H,15,16)/p-1. The Morgan fingerprint density at radius 3 is 2.69 bits per heavy atom. The Kier molecular flexibility index (Phi) is 4.04. The van der Waals surface area contributed by atoms with E-state index in [1.54, 1.807) is 11.7 Å². The number of aliphatic carboxylic acids is 1. The molecule has 0 radical (unpaired) electrons. The Morgan fingerprint density at radius 2 is 2.19 bits per heavy atom. The van der Waals surface area contributed by atoms with Crippen molar-refractivity contribution < 1.29 is 14.7 Å². The number of aromatic nitrogens is 2. The summed E-state index contributed by atoms with van der Waals surface area (Å²) in [5, 5.41) is 16.9. The van der Waals surface area contributed by atoms with Gasteiger partial charge in [0.25, 0.3) is 0 Å². The summed E-state index contributed by atoms with van der Waals surface area (Å²) in [6, 6.07) is 0. The second-order valence-electron chi connectivity index (χ2n) is 3.56. The number of carbonyl (C=O) groups is 2. The molecular formula is C10H14N3O3-. The van der Waals surface area contributed by atoms with Gasteiger partial charge in [0.15, 0.2) is 0 Å². The summed E-state index contributed by atoms with van der Waals surface area (Å²) in [7, 11) is 1.80. The number of carbonyl (C=O) groups excluding carboxylic acids is 2. The number of carboxylic acids is 1. The maximum absolute atomic E-state index is 11.2. The minimum absolute atomic E-state index is 0.0539. The molecule has 0 saturated heterocycles. The van der Waals surface area contributed by atoms with Crippen LogP contribution >= 0.6 is 0 Å². The third-order valence-corrected chi connectivity index (χ3v) is 2.15. The lowest BCUT2D eigenvalue weighted by Crippen LogP contribution is -2.27. The quantitative estimate of drug-likeness (QED) is 0.686. The molecule has 1 amide bonds. The second-order valence-corrected chi connectivity index (χ2v) is 3.56. The van der Waals surface area contributed by atoms with Crippen LogP contribution in [0.25, 0.3) is 0 Å². The first-order valence-electron chi connectivity index (χ1n) is 4.94. The van der Waals surface area contributed by atoms with Crippen molar-refractivity contribution in [3.63, 3.8) is 0 Å². The predicted octanol–water partition coefficient (Wildman–Crippen LogP) is -1.13. The van der Waals surface area contributed by atoms with Crippen molar-refractivity contribution in [2.75, 3.05) is 0 Å². The Labute approximate surface area is 93.3 Å². The van der Waals surface area contributed by atoms with Gasteiger partial charge in [-0.1, -0.05) is 0 Å². The molecule has 0 aliphatic carbocycles. The van der Waals surface area contributed by atoms with Crippen molar-refractivity contribution in [1.82, 2.24) is 15.1 Å². The largest absolute Gasteiger partial charge is 0.550 e. The number of rotatable bonds is 5. The van der Waals surface area contributed by atoms with Crippen LogP contribution in [0.4, 0.5) is 0 Å². The average Bonchev–Trinajstić information content (AvgIpc) is 2.51. The molecule has 0 aromatic carbocycles. The van der Waals surface area contributed by atoms with Crippen LogP contribution in [0.15, 0.2) is 6.20 Å². The van der Waals surface area contributed by atoms with Gasteiger partial charge in [-0.3, -0.25) is 9.48 Å². The van der Waals surface area contributed by atoms with Crippen molar-refractivity contribution in [3.05, 3.63) is 17.5 Å². The molecule has 88 valence electrons. The SMILES string of the molecule is Cc1nn(C)cc1CNC(=O)CCC(=O)[O-]. The van der Waals surface area contributed by atoms with E-state index in [1.165, 1.54) is 0 Å². The number of amides is 1. The molecule has 0 aliphatic heterocycles. The normalized spacial score (nSPS) is 10.1. The molecule has 1 rings (SSSR count). The highest BCUT2D eigenvalue weighted by Crippen LogP contribution is 2.03. The van der Waals surface area contributed by atoms with Gasteiger partial charge in [-0.2, -0.15) is 5.10 Å². The maximum atomic E-state index is 11.2. The Morgan fingerprint density at radius 1 is 1.50 bits per heavy atom. The molecule has 0 atom stereocenters. The van der Waals surface area contributed by atoms with E-state index in [4.69, 9.17) is 0 Å². The summed E-state index contributed by atoms with van der Waals surface area (Å²) in [4.78, 5) is 21.3. The third kappa shape index (κ3) is 3.72. The van der Waals surface area contributed by atoms with Crippen LogP contribution in [0.3, 0.4) is 0 Å². The Balaban J connectivity index is 2.37. The van der Waals surface area contributed by atoms with Gasteiger partial charge in [0.05, 0.1) is 5.69 Å². The van der Waals surface area contributed by atoms with Gasteiger partial charge >= 0.3 is 0 Å². The average molecular weight is 224 g/mol. The number of nitrogens with one attached hydrogen (secondary N) is 1. The van der Waals surface area contributed by atoms with E-state index < -0.39 is 5.97 Å². The van der Waals surface area contributed by atoms with Gasteiger partial charge in [0, 0.05) is 37.7 Å². The van der Waals surface area contributed by atoms with Gasteiger partial charge in [-0.25, -0.2) is 0 Å². The molecule has 6 nitrogen and oxygen atoms in total. The van der Waals surface area contributed by atoms with Crippen LogP contribution in [-0.2, 0) is 23.2 Å². The highest BCUT2D eigenvalue weighted by Gasteiger charge is 2.05. The van der Waals surface area contributed by atoms with Crippen molar-refractivity contribution in [2.45, 2.75) is 26.3 Å². The van der Waals surface area contributed by atoms with Gasteiger partial charge in [-0.05, 0) is 13.3 Å². The Bertz CT molecular complexity index is 398. The number of nitrogens with zero attached hydrogens (tertiary/aromatic N) is 2. The van der Waals surface area contributed by atoms with Crippen LogP contribution in [0.5, 0.6) is 0 Å². The summed E-state index contributed by atoms with van der Waals surface area (Å²) in [5.74, 6) is -1.51. The smallest absolute Gasteiger partial charge is 0.220 e. The van der Waals surface area contributed by atoms with E-state index in [0.29, 0.717) is 6.54 Å². The fourth-order valence-electron chi connectivity index (χ4n) is 1.32.